The van der Waals surface area contributed by atoms with Gasteiger partial charge in [0.25, 0.3) is 6.43 Å². The number of hydrogen-bond acceptors (Lipinski definition) is 2. The number of halogens is 4. The van der Waals surface area contributed by atoms with Crippen LogP contribution in [0.3, 0.4) is 0 Å². The van der Waals surface area contributed by atoms with Gasteiger partial charge in [0, 0.05) is 5.56 Å². The van der Waals surface area contributed by atoms with Gasteiger partial charge in [-0.3, -0.25) is 0 Å². The first-order valence-electron chi connectivity index (χ1n) is 3.30. The van der Waals surface area contributed by atoms with E-state index >= 15 is 0 Å². The van der Waals surface area contributed by atoms with Crippen molar-refractivity contribution in [1.29, 1.82) is 0 Å². The third-order valence-electron chi connectivity index (χ3n) is 1.42. The minimum atomic E-state index is -2.64. The lowest BCUT2D eigenvalue weighted by molar-refractivity contribution is 0.145. The van der Waals surface area contributed by atoms with E-state index in [1.807, 2.05) is 0 Å². The molecule has 1 rings (SSSR count). The first-order valence-corrected chi connectivity index (χ1v) is 4.75. The average Bonchev–Trinajstić information content (AvgIpc) is 2.03. The number of nitrogens with zero attached hydrogens (tertiary/aromatic N) is 1. The third kappa shape index (κ3) is 2.47. The standard InChI is InChI=1S/C7H5ClF2INO/c8-4-1-5(6(9)10)12-7(11)3(4)2-13/h1,6,13H,2H2. The molecule has 2 nitrogen and oxygen atoms in total. The van der Waals surface area contributed by atoms with E-state index in [0.717, 1.165) is 6.07 Å². The molecule has 0 aliphatic heterocycles. The third-order valence-corrected chi connectivity index (χ3v) is 2.65. The van der Waals surface area contributed by atoms with Crippen LogP contribution in [0.4, 0.5) is 8.78 Å². The van der Waals surface area contributed by atoms with E-state index in [1.165, 1.54) is 0 Å². The van der Waals surface area contributed by atoms with Crippen LogP contribution in [0.1, 0.15) is 17.7 Å². The minimum Gasteiger partial charge on any atom is -0.392 e. The summed E-state index contributed by atoms with van der Waals surface area (Å²) in [7, 11) is 0. The molecule has 13 heavy (non-hydrogen) atoms. The Morgan fingerprint density at radius 2 is 2.23 bits per heavy atom. The number of alkyl halides is 2. The largest absolute Gasteiger partial charge is 0.392 e. The molecule has 1 N–H and O–H groups in total. The molecule has 0 atom stereocenters. The summed E-state index contributed by atoms with van der Waals surface area (Å²) in [5.74, 6) is 0. The van der Waals surface area contributed by atoms with Crippen LogP contribution in [0.5, 0.6) is 0 Å². The summed E-state index contributed by atoms with van der Waals surface area (Å²) in [6.07, 6.45) is -2.64. The van der Waals surface area contributed by atoms with Gasteiger partial charge in [-0.2, -0.15) is 0 Å². The van der Waals surface area contributed by atoms with Crippen molar-refractivity contribution in [2.75, 3.05) is 0 Å². The second-order valence-electron chi connectivity index (χ2n) is 2.26. The van der Waals surface area contributed by atoms with Gasteiger partial charge in [0.15, 0.2) is 0 Å². The molecule has 72 valence electrons. The number of pyridine rings is 1. The van der Waals surface area contributed by atoms with Gasteiger partial charge < -0.3 is 5.11 Å². The van der Waals surface area contributed by atoms with Gasteiger partial charge in [-0.1, -0.05) is 11.6 Å². The number of aromatic nitrogens is 1. The molecule has 0 spiro atoms. The quantitative estimate of drug-likeness (QED) is 0.672. The number of rotatable bonds is 2. The van der Waals surface area contributed by atoms with Crippen LogP contribution < -0.4 is 0 Å². The highest BCUT2D eigenvalue weighted by atomic mass is 127. The van der Waals surface area contributed by atoms with Gasteiger partial charge >= 0.3 is 0 Å². The average molecular weight is 319 g/mol. The van der Waals surface area contributed by atoms with E-state index in [9.17, 15) is 8.78 Å². The molecule has 6 heteroatoms. The lowest BCUT2D eigenvalue weighted by atomic mass is 10.2. The summed E-state index contributed by atoms with van der Waals surface area (Å²) in [6.45, 7) is -0.298. The van der Waals surface area contributed by atoms with Gasteiger partial charge in [-0.05, 0) is 28.7 Å². The Balaban J connectivity index is 3.20. The van der Waals surface area contributed by atoms with Crippen molar-refractivity contribution in [3.8, 4) is 0 Å². The van der Waals surface area contributed by atoms with Crippen LogP contribution >= 0.6 is 34.2 Å². The predicted octanol–water partition coefficient (Wildman–Crippen LogP) is 2.77. The van der Waals surface area contributed by atoms with Crippen molar-refractivity contribution in [2.24, 2.45) is 0 Å². The smallest absolute Gasteiger partial charge is 0.280 e. The molecular formula is C7H5ClF2INO. The fraction of sp³-hybridized carbons (Fsp3) is 0.286. The Morgan fingerprint density at radius 1 is 1.62 bits per heavy atom. The Labute approximate surface area is 92.1 Å². The molecule has 0 aliphatic rings. The van der Waals surface area contributed by atoms with Crippen molar-refractivity contribution in [3.63, 3.8) is 0 Å². The van der Waals surface area contributed by atoms with Crippen LogP contribution in [0.2, 0.25) is 5.02 Å². The molecule has 0 saturated heterocycles. The Hall–Kier alpha value is -0.0100. The zero-order valence-electron chi connectivity index (χ0n) is 6.27. The van der Waals surface area contributed by atoms with E-state index in [2.05, 4.69) is 4.98 Å². The second-order valence-corrected chi connectivity index (χ2v) is 3.69. The normalized spacial score (nSPS) is 10.9. The predicted molar refractivity (Wildman–Crippen MR) is 52.8 cm³/mol. The molecule has 1 aromatic rings. The number of aliphatic hydroxyl groups excluding tert-OH is 1. The van der Waals surface area contributed by atoms with Crippen LogP contribution in [-0.2, 0) is 6.61 Å². The van der Waals surface area contributed by atoms with Crippen molar-refractivity contribution in [1.82, 2.24) is 4.98 Å². The van der Waals surface area contributed by atoms with Gasteiger partial charge in [0.2, 0.25) is 0 Å². The topological polar surface area (TPSA) is 33.1 Å². The molecular weight excluding hydrogens is 314 g/mol. The maximum absolute atomic E-state index is 12.2. The molecule has 0 saturated carbocycles. The number of aliphatic hydroxyl groups is 1. The lowest BCUT2D eigenvalue weighted by Gasteiger charge is -2.05. The van der Waals surface area contributed by atoms with Crippen molar-refractivity contribution in [2.45, 2.75) is 13.0 Å². The summed E-state index contributed by atoms with van der Waals surface area (Å²) < 4.78 is 24.7. The van der Waals surface area contributed by atoms with E-state index in [-0.39, 0.29) is 17.3 Å². The molecule has 1 heterocycles. The zero-order chi connectivity index (χ0) is 10.0. The Bertz CT molecular complexity index is 298. The highest BCUT2D eigenvalue weighted by Gasteiger charge is 2.14. The highest BCUT2D eigenvalue weighted by Crippen LogP contribution is 2.26. The van der Waals surface area contributed by atoms with Crippen LogP contribution in [0.25, 0.3) is 0 Å². The molecule has 0 amide bonds. The zero-order valence-corrected chi connectivity index (χ0v) is 9.18. The maximum Gasteiger partial charge on any atom is 0.280 e. The number of hydrogen-bond donors (Lipinski definition) is 1. The van der Waals surface area contributed by atoms with Gasteiger partial charge in [0.1, 0.15) is 9.39 Å². The monoisotopic (exact) mass is 319 g/mol. The molecule has 0 unspecified atom stereocenters. The summed E-state index contributed by atoms with van der Waals surface area (Å²) in [6, 6.07) is 1.07. The van der Waals surface area contributed by atoms with Crippen LogP contribution in [-0.4, -0.2) is 10.1 Å². The van der Waals surface area contributed by atoms with Crippen molar-refractivity contribution < 1.29 is 13.9 Å². The van der Waals surface area contributed by atoms with Crippen molar-refractivity contribution >= 4 is 34.2 Å². The van der Waals surface area contributed by atoms with E-state index in [0.29, 0.717) is 9.26 Å². The first kappa shape index (κ1) is 11.1. The first-order chi connectivity index (χ1) is 6.06. The Morgan fingerprint density at radius 3 is 2.62 bits per heavy atom. The minimum absolute atomic E-state index is 0.122. The molecule has 0 bridgehead atoms. The van der Waals surface area contributed by atoms with Gasteiger partial charge in [-0.25, -0.2) is 13.8 Å². The van der Waals surface area contributed by atoms with Gasteiger partial charge in [-0.15, -0.1) is 0 Å². The molecule has 0 fully saturated rings. The maximum atomic E-state index is 12.2. The summed E-state index contributed by atoms with van der Waals surface area (Å²) >= 11 is 7.40. The lowest BCUT2D eigenvalue weighted by Crippen LogP contribution is -1.99. The fourth-order valence-electron chi connectivity index (χ4n) is 0.781. The van der Waals surface area contributed by atoms with E-state index < -0.39 is 6.43 Å². The Kier molecular flexibility index (Phi) is 3.81. The van der Waals surface area contributed by atoms with E-state index in [4.69, 9.17) is 16.7 Å². The highest BCUT2D eigenvalue weighted by molar-refractivity contribution is 14.1. The fourth-order valence-corrected chi connectivity index (χ4v) is 1.94. The van der Waals surface area contributed by atoms with Crippen LogP contribution in [0.15, 0.2) is 6.07 Å². The molecule has 1 aromatic heterocycles. The van der Waals surface area contributed by atoms with Crippen LogP contribution in [0, 0.1) is 3.70 Å². The summed E-state index contributed by atoms with van der Waals surface area (Å²) in [5.41, 5.74) is 0.0123. The molecule has 0 radical (unpaired) electrons. The molecule has 0 aliphatic carbocycles. The summed E-state index contributed by atoms with van der Waals surface area (Å²) in [5, 5.41) is 8.93. The summed E-state index contributed by atoms with van der Waals surface area (Å²) in [4.78, 5) is 3.60. The SMILES string of the molecule is OCc1c(Cl)cc(C(F)F)nc1I. The van der Waals surface area contributed by atoms with Crippen molar-refractivity contribution in [3.05, 3.63) is 26.0 Å². The molecule has 0 aromatic carbocycles. The van der Waals surface area contributed by atoms with E-state index in [1.54, 1.807) is 22.6 Å². The van der Waals surface area contributed by atoms with Gasteiger partial charge in [0.05, 0.1) is 11.6 Å². The second kappa shape index (κ2) is 4.47.